The lowest BCUT2D eigenvalue weighted by Crippen LogP contribution is -2.35. The maximum absolute atomic E-state index is 4.30. The van der Waals surface area contributed by atoms with Gasteiger partial charge in [0.1, 0.15) is 0 Å². The molecule has 0 saturated carbocycles. The highest BCUT2D eigenvalue weighted by molar-refractivity contribution is 5.44. The lowest BCUT2D eigenvalue weighted by molar-refractivity contribution is 0.479. The zero-order chi connectivity index (χ0) is 10.5. The van der Waals surface area contributed by atoms with Gasteiger partial charge in [-0.2, -0.15) is 0 Å². The lowest BCUT2D eigenvalue weighted by atomic mass is 10.1. The van der Waals surface area contributed by atoms with Crippen LogP contribution >= 0.6 is 0 Å². The molecule has 1 aliphatic rings. The molecule has 2 N–H and O–H groups in total. The third-order valence-corrected chi connectivity index (χ3v) is 2.89. The van der Waals surface area contributed by atoms with Gasteiger partial charge < -0.3 is 10.6 Å². The fraction of sp³-hybridized carbons (Fsp3) is 0.583. The quantitative estimate of drug-likeness (QED) is 0.790. The third-order valence-electron chi connectivity index (χ3n) is 2.89. The van der Waals surface area contributed by atoms with Crippen molar-refractivity contribution >= 4 is 5.69 Å². The molecule has 1 aliphatic heterocycles. The molecule has 2 heterocycles. The van der Waals surface area contributed by atoms with E-state index in [0.717, 1.165) is 25.2 Å². The van der Waals surface area contributed by atoms with E-state index in [1.165, 1.54) is 18.5 Å². The molecule has 0 bridgehead atoms. The Labute approximate surface area is 91.3 Å². The third kappa shape index (κ3) is 2.93. The smallest absolute Gasteiger partial charge is 0.0421 e. The summed E-state index contributed by atoms with van der Waals surface area (Å²) in [6.45, 7) is 4.39. The van der Waals surface area contributed by atoms with E-state index in [-0.39, 0.29) is 0 Å². The van der Waals surface area contributed by atoms with Gasteiger partial charge in [-0.15, -0.1) is 0 Å². The molecule has 0 aromatic carbocycles. The zero-order valence-electron chi connectivity index (χ0n) is 9.29. The fourth-order valence-corrected chi connectivity index (χ4v) is 1.96. The Morgan fingerprint density at radius 3 is 3.00 bits per heavy atom. The number of pyridine rings is 1. The van der Waals surface area contributed by atoms with Crippen molar-refractivity contribution in [2.24, 2.45) is 0 Å². The molecule has 0 atom stereocenters. The number of aryl methyl sites for hydroxylation is 1. The van der Waals surface area contributed by atoms with Gasteiger partial charge in [0.25, 0.3) is 0 Å². The Morgan fingerprint density at radius 1 is 1.47 bits per heavy atom. The van der Waals surface area contributed by atoms with E-state index >= 15 is 0 Å². The highest BCUT2D eigenvalue weighted by atomic mass is 15.0. The monoisotopic (exact) mass is 205 g/mol. The molecular weight excluding hydrogens is 186 g/mol. The lowest BCUT2D eigenvalue weighted by Gasteiger charge is -2.24. The van der Waals surface area contributed by atoms with E-state index in [1.54, 1.807) is 0 Å². The number of anilines is 1. The van der Waals surface area contributed by atoms with Crippen LogP contribution in [0.4, 0.5) is 5.69 Å². The van der Waals surface area contributed by atoms with Crippen LogP contribution in [0, 0.1) is 0 Å². The molecule has 0 unspecified atom stereocenters. The van der Waals surface area contributed by atoms with Crippen molar-refractivity contribution in [1.29, 1.82) is 0 Å². The predicted molar refractivity (Wildman–Crippen MR) is 63.1 cm³/mol. The van der Waals surface area contributed by atoms with E-state index in [2.05, 4.69) is 34.7 Å². The summed E-state index contributed by atoms with van der Waals surface area (Å²) in [6.07, 6.45) is 5.32. The van der Waals surface area contributed by atoms with Crippen LogP contribution in [-0.4, -0.2) is 24.1 Å². The van der Waals surface area contributed by atoms with Gasteiger partial charge in [-0.3, -0.25) is 4.98 Å². The maximum atomic E-state index is 4.30. The first kappa shape index (κ1) is 10.4. The molecule has 0 spiro atoms. The molecule has 2 rings (SSSR count). The molecule has 1 fully saturated rings. The molecule has 15 heavy (non-hydrogen) atoms. The van der Waals surface area contributed by atoms with Gasteiger partial charge >= 0.3 is 0 Å². The molecule has 0 aliphatic carbocycles. The number of piperidine rings is 1. The Kier molecular flexibility index (Phi) is 3.56. The van der Waals surface area contributed by atoms with Gasteiger partial charge in [0.2, 0.25) is 0 Å². The second-order valence-electron chi connectivity index (χ2n) is 4.06. The minimum Gasteiger partial charge on any atom is -0.382 e. The summed E-state index contributed by atoms with van der Waals surface area (Å²) in [7, 11) is 0. The first-order chi connectivity index (χ1) is 7.38. The van der Waals surface area contributed by atoms with Crippen LogP contribution < -0.4 is 10.6 Å². The Morgan fingerprint density at radius 2 is 2.27 bits per heavy atom. The summed E-state index contributed by atoms with van der Waals surface area (Å²) < 4.78 is 0. The normalized spacial score (nSPS) is 17.7. The standard InChI is InChI=1S/C12H19N3/c1-2-10-9-12(5-8-14-10)15-11-3-6-13-7-4-11/h5,8-9,11,13H,2-4,6-7H2,1H3,(H,14,15). The molecule has 1 aromatic heterocycles. The summed E-state index contributed by atoms with van der Waals surface area (Å²) in [5.74, 6) is 0. The average Bonchev–Trinajstić information content (AvgIpc) is 2.31. The number of aromatic nitrogens is 1. The highest BCUT2D eigenvalue weighted by Gasteiger charge is 2.12. The zero-order valence-corrected chi connectivity index (χ0v) is 9.29. The number of rotatable bonds is 3. The van der Waals surface area contributed by atoms with Crippen molar-refractivity contribution < 1.29 is 0 Å². The Bertz CT molecular complexity index is 305. The number of nitrogens with one attached hydrogen (secondary N) is 2. The summed E-state index contributed by atoms with van der Waals surface area (Å²) in [6, 6.07) is 4.84. The number of hydrogen-bond acceptors (Lipinski definition) is 3. The van der Waals surface area contributed by atoms with Gasteiger partial charge in [0, 0.05) is 23.6 Å². The molecule has 1 saturated heterocycles. The van der Waals surface area contributed by atoms with Crippen molar-refractivity contribution in [2.45, 2.75) is 32.2 Å². The second kappa shape index (κ2) is 5.12. The average molecular weight is 205 g/mol. The van der Waals surface area contributed by atoms with Crippen LogP contribution in [0.2, 0.25) is 0 Å². The van der Waals surface area contributed by atoms with Crippen LogP contribution in [0.3, 0.4) is 0 Å². The minimum absolute atomic E-state index is 0.623. The van der Waals surface area contributed by atoms with E-state index in [4.69, 9.17) is 0 Å². The minimum atomic E-state index is 0.623. The molecule has 3 heteroatoms. The predicted octanol–water partition coefficient (Wildman–Crippen LogP) is 1.81. The Hall–Kier alpha value is -1.09. The van der Waals surface area contributed by atoms with Crippen LogP contribution in [0.25, 0.3) is 0 Å². The molecule has 82 valence electrons. The van der Waals surface area contributed by atoms with E-state index in [0.29, 0.717) is 6.04 Å². The van der Waals surface area contributed by atoms with Crippen molar-refractivity contribution in [1.82, 2.24) is 10.3 Å². The van der Waals surface area contributed by atoms with Gasteiger partial charge in [-0.1, -0.05) is 6.92 Å². The summed E-state index contributed by atoms with van der Waals surface area (Å²) in [5, 5.41) is 6.95. The van der Waals surface area contributed by atoms with Gasteiger partial charge in [0.05, 0.1) is 0 Å². The van der Waals surface area contributed by atoms with Crippen molar-refractivity contribution in [3.05, 3.63) is 24.0 Å². The molecule has 0 amide bonds. The van der Waals surface area contributed by atoms with E-state index in [1.807, 2.05) is 6.20 Å². The topological polar surface area (TPSA) is 37.0 Å². The van der Waals surface area contributed by atoms with Crippen LogP contribution in [0.5, 0.6) is 0 Å². The second-order valence-corrected chi connectivity index (χ2v) is 4.06. The first-order valence-electron chi connectivity index (χ1n) is 5.80. The molecule has 1 aromatic rings. The van der Waals surface area contributed by atoms with Crippen LogP contribution in [-0.2, 0) is 6.42 Å². The van der Waals surface area contributed by atoms with Gasteiger partial charge in [-0.25, -0.2) is 0 Å². The molecule has 3 nitrogen and oxygen atoms in total. The van der Waals surface area contributed by atoms with Crippen molar-refractivity contribution in [3.63, 3.8) is 0 Å². The largest absolute Gasteiger partial charge is 0.382 e. The van der Waals surface area contributed by atoms with Crippen LogP contribution in [0.1, 0.15) is 25.5 Å². The fourth-order valence-electron chi connectivity index (χ4n) is 1.96. The maximum Gasteiger partial charge on any atom is 0.0421 e. The first-order valence-corrected chi connectivity index (χ1v) is 5.80. The van der Waals surface area contributed by atoms with E-state index in [9.17, 15) is 0 Å². The number of nitrogens with zero attached hydrogens (tertiary/aromatic N) is 1. The van der Waals surface area contributed by atoms with E-state index < -0.39 is 0 Å². The van der Waals surface area contributed by atoms with Crippen molar-refractivity contribution in [2.75, 3.05) is 18.4 Å². The summed E-state index contributed by atoms with van der Waals surface area (Å²) in [5.41, 5.74) is 2.38. The number of hydrogen-bond donors (Lipinski definition) is 2. The summed E-state index contributed by atoms with van der Waals surface area (Å²) >= 11 is 0. The molecule has 0 radical (unpaired) electrons. The molecular formula is C12H19N3. The van der Waals surface area contributed by atoms with Crippen LogP contribution in [0.15, 0.2) is 18.3 Å². The highest BCUT2D eigenvalue weighted by Crippen LogP contribution is 2.13. The van der Waals surface area contributed by atoms with Crippen molar-refractivity contribution in [3.8, 4) is 0 Å². The van der Waals surface area contributed by atoms with Gasteiger partial charge in [0.15, 0.2) is 0 Å². The SMILES string of the molecule is CCc1cc(NC2CCNCC2)ccn1. The summed E-state index contributed by atoms with van der Waals surface area (Å²) in [4.78, 5) is 4.30. The van der Waals surface area contributed by atoms with Gasteiger partial charge in [-0.05, 0) is 44.5 Å². The Balaban J connectivity index is 1.96.